The second kappa shape index (κ2) is 10.9. The molecule has 4 heterocycles. The van der Waals surface area contributed by atoms with E-state index in [1.807, 2.05) is 43.1 Å². The summed E-state index contributed by atoms with van der Waals surface area (Å²) in [6.07, 6.45) is 13.0. The summed E-state index contributed by atoms with van der Waals surface area (Å²) in [4.78, 5) is 18.0. The number of aromatic nitrogens is 3. The van der Waals surface area contributed by atoms with Crippen molar-refractivity contribution in [3.8, 4) is 0 Å². The molecule has 0 unspecified atom stereocenters. The Morgan fingerprint density at radius 3 is 2.12 bits per heavy atom. The fraction of sp³-hybridized carbons (Fsp3) is 0.321. The lowest BCUT2D eigenvalue weighted by molar-refractivity contribution is 0.252. The van der Waals surface area contributed by atoms with Gasteiger partial charge in [0.05, 0.1) is 5.52 Å². The van der Waals surface area contributed by atoms with Crippen LogP contribution in [0.3, 0.4) is 0 Å². The van der Waals surface area contributed by atoms with Crippen LogP contribution in [0.5, 0.6) is 0 Å². The molecule has 0 bridgehead atoms. The molecule has 6 heteroatoms. The minimum atomic E-state index is 0.399. The zero-order chi connectivity index (χ0) is 23.2. The normalized spacial score (nSPS) is 14.7. The van der Waals surface area contributed by atoms with Crippen molar-refractivity contribution in [3.63, 3.8) is 0 Å². The van der Waals surface area contributed by atoms with E-state index in [9.17, 15) is 0 Å². The van der Waals surface area contributed by atoms with Crippen LogP contribution in [0, 0.1) is 0 Å². The molecular formula is C28H30ClN5. The molecule has 4 aromatic rings. The van der Waals surface area contributed by atoms with E-state index in [0.717, 1.165) is 49.7 Å². The number of benzene rings is 1. The van der Waals surface area contributed by atoms with Gasteiger partial charge in [0.2, 0.25) is 0 Å². The lowest BCUT2D eigenvalue weighted by Crippen LogP contribution is -2.46. The van der Waals surface area contributed by atoms with Gasteiger partial charge in [-0.05, 0) is 79.0 Å². The molecule has 5 nitrogen and oxygen atoms in total. The van der Waals surface area contributed by atoms with E-state index in [1.54, 1.807) is 0 Å². The van der Waals surface area contributed by atoms with E-state index in [2.05, 4.69) is 61.1 Å². The summed E-state index contributed by atoms with van der Waals surface area (Å²) in [5.41, 5.74) is 4.89. The molecule has 0 saturated carbocycles. The van der Waals surface area contributed by atoms with Gasteiger partial charge in [-0.1, -0.05) is 18.0 Å². The monoisotopic (exact) mass is 471 g/mol. The Morgan fingerprint density at radius 2 is 1.44 bits per heavy atom. The standard InChI is InChI=1S/C28H30ClN5/c29-24-4-5-26-27(21-24)32-15-10-28(26)34-19-17-33(18-20-34)16-2-1-3-25(22-6-11-30-12-7-22)23-8-13-31-14-9-23/h4-15,21,25H,1-3,16-20H2. The maximum absolute atomic E-state index is 6.16. The minimum absolute atomic E-state index is 0.399. The summed E-state index contributed by atoms with van der Waals surface area (Å²) in [7, 11) is 0. The molecule has 1 fully saturated rings. The Labute approximate surface area is 206 Å². The molecule has 0 radical (unpaired) electrons. The second-order valence-corrected chi connectivity index (χ2v) is 9.37. The summed E-state index contributed by atoms with van der Waals surface area (Å²) >= 11 is 6.16. The van der Waals surface area contributed by atoms with Gasteiger partial charge in [-0.15, -0.1) is 0 Å². The smallest absolute Gasteiger partial charge is 0.0737 e. The summed E-state index contributed by atoms with van der Waals surface area (Å²) in [5.74, 6) is 0.399. The third-order valence-corrected chi connectivity index (χ3v) is 7.06. The van der Waals surface area contributed by atoms with Crippen LogP contribution in [-0.4, -0.2) is 52.6 Å². The number of piperazine rings is 1. The van der Waals surface area contributed by atoms with Crippen LogP contribution < -0.4 is 4.90 Å². The van der Waals surface area contributed by atoms with Crippen molar-refractivity contribution in [2.75, 3.05) is 37.6 Å². The van der Waals surface area contributed by atoms with Crippen LogP contribution in [-0.2, 0) is 0 Å². The fourth-order valence-electron chi connectivity index (χ4n) is 5.00. The first-order valence-electron chi connectivity index (χ1n) is 12.1. The van der Waals surface area contributed by atoms with E-state index < -0.39 is 0 Å². The Kier molecular flexibility index (Phi) is 7.32. The average molecular weight is 472 g/mol. The maximum Gasteiger partial charge on any atom is 0.0737 e. The Hall–Kier alpha value is -3.02. The molecule has 1 aliphatic rings. The van der Waals surface area contributed by atoms with Crippen LogP contribution >= 0.6 is 11.6 Å². The van der Waals surface area contributed by atoms with Crippen LogP contribution in [0.4, 0.5) is 5.69 Å². The van der Waals surface area contributed by atoms with Gasteiger partial charge in [0.25, 0.3) is 0 Å². The van der Waals surface area contributed by atoms with Crippen molar-refractivity contribution in [1.29, 1.82) is 0 Å². The zero-order valence-electron chi connectivity index (χ0n) is 19.4. The molecule has 0 N–H and O–H groups in total. The lowest BCUT2D eigenvalue weighted by Gasteiger charge is -2.36. The maximum atomic E-state index is 6.16. The molecule has 0 spiro atoms. The lowest BCUT2D eigenvalue weighted by atomic mass is 9.88. The van der Waals surface area contributed by atoms with Crippen molar-refractivity contribution in [1.82, 2.24) is 19.9 Å². The van der Waals surface area contributed by atoms with Crippen LogP contribution in [0.15, 0.2) is 79.5 Å². The summed E-state index contributed by atoms with van der Waals surface area (Å²) < 4.78 is 0. The topological polar surface area (TPSA) is 45.2 Å². The molecule has 0 amide bonds. The highest BCUT2D eigenvalue weighted by molar-refractivity contribution is 6.31. The quantitative estimate of drug-likeness (QED) is 0.304. The van der Waals surface area contributed by atoms with Gasteiger partial charge in [-0.2, -0.15) is 0 Å². The third kappa shape index (κ3) is 5.37. The van der Waals surface area contributed by atoms with Gasteiger partial charge >= 0.3 is 0 Å². The minimum Gasteiger partial charge on any atom is -0.368 e. The van der Waals surface area contributed by atoms with E-state index >= 15 is 0 Å². The average Bonchev–Trinajstić information content (AvgIpc) is 2.89. The van der Waals surface area contributed by atoms with Crippen LogP contribution in [0.25, 0.3) is 10.9 Å². The molecule has 34 heavy (non-hydrogen) atoms. The number of anilines is 1. The molecule has 0 aliphatic carbocycles. The Balaban J connectivity index is 1.13. The van der Waals surface area contributed by atoms with Crippen molar-refractivity contribution in [2.24, 2.45) is 0 Å². The first-order chi connectivity index (χ1) is 16.8. The second-order valence-electron chi connectivity index (χ2n) is 8.93. The van der Waals surface area contributed by atoms with Crippen molar-refractivity contribution in [3.05, 3.63) is 95.7 Å². The summed E-state index contributed by atoms with van der Waals surface area (Å²) in [6, 6.07) is 16.7. The fourth-order valence-corrected chi connectivity index (χ4v) is 5.16. The van der Waals surface area contributed by atoms with Gasteiger partial charge < -0.3 is 4.90 Å². The molecular weight excluding hydrogens is 442 g/mol. The van der Waals surface area contributed by atoms with Crippen molar-refractivity contribution < 1.29 is 0 Å². The number of hydrogen-bond acceptors (Lipinski definition) is 5. The van der Waals surface area contributed by atoms with E-state index in [0.29, 0.717) is 5.92 Å². The highest BCUT2D eigenvalue weighted by Gasteiger charge is 2.19. The molecule has 5 rings (SSSR count). The number of halogens is 1. The summed E-state index contributed by atoms with van der Waals surface area (Å²) in [5, 5.41) is 1.91. The van der Waals surface area contributed by atoms with Crippen molar-refractivity contribution >= 4 is 28.2 Å². The third-order valence-electron chi connectivity index (χ3n) is 6.83. The largest absolute Gasteiger partial charge is 0.368 e. The van der Waals surface area contributed by atoms with Crippen LogP contribution in [0.1, 0.15) is 36.3 Å². The number of fused-ring (bicyclic) bond motifs is 1. The van der Waals surface area contributed by atoms with Gasteiger partial charge in [0.15, 0.2) is 0 Å². The number of unbranched alkanes of at least 4 members (excludes halogenated alkanes) is 1. The number of pyridine rings is 3. The predicted octanol–water partition coefficient (Wildman–Crippen LogP) is 5.80. The molecule has 0 atom stereocenters. The number of rotatable bonds is 8. The van der Waals surface area contributed by atoms with Gasteiger partial charge in [0.1, 0.15) is 0 Å². The van der Waals surface area contributed by atoms with Gasteiger partial charge in [-0.25, -0.2) is 0 Å². The SMILES string of the molecule is Clc1ccc2c(N3CCN(CCCCC(c4ccncc4)c4ccncc4)CC3)ccnc2c1. The van der Waals surface area contributed by atoms with Gasteiger partial charge in [0, 0.05) is 79.2 Å². The van der Waals surface area contributed by atoms with Gasteiger partial charge in [-0.3, -0.25) is 19.9 Å². The predicted molar refractivity (Wildman–Crippen MR) is 140 cm³/mol. The Morgan fingerprint density at radius 1 is 0.765 bits per heavy atom. The molecule has 1 aliphatic heterocycles. The zero-order valence-corrected chi connectivity index (χ0v) is 20.1. The first kappa shape index (κ1) is 22.8. The number of nitrogens with zero attached hydrogens (tertiary/aromatic N) is 5. The highest BCUT2D eigenvalue weighted by Crippen LogP contribution is 2.30. The molecule has 174 valence electrons. The van der Waals surface area contributed by atoms with E-state index in [4.69, 9.17) is 11.6 Å². The number of hydrogen-bond donors (Lipinski definition) is 0. The summed E-state index contributed by atoms with van der Waals surface area (Å²) in [6.45, 7) is 5.42. The van der Waals surface area contributed by atoms with Crippen LogP contribution in [0.2, 0.25) is 5.02 Å². The van der Waals surface area contributed by atoms with E-state index in [1.165, 1.54) is 35.0 Å². The first-order valence-corrected chi connectivity index (χ1v) is 12.5. The molecule has 3 aromatic heterocycles. The molecule has 1 aromatic carbocycles. The van der Waals surface area contributed by atoms with Crippen molar-refractivity contribution in [2.45, 2.75) is 25.2 Å². The van der Waals surface area contributed by atoms with E-state index in [-0.39, 0.29) is 0 Å². The Bertz CT molecular complexity index is 1150. The highest BCUT2D eigenvalue weighted by atomic mass is 35.5. The molecule has 1 saturated heterocycles.